The highest BCUT2D eigenvalue weighted by Crippen LogP contribution is 2.27. The van der Waals surface area contributed by atoms with Gasteiger partial charge in [0.05, 0.1) is 19.6 Å². The van der Waals surface area contributed by atoms with Crippen LogP contribution in [-0.4, -0.2) is 42.3 Å². The summed E-state index contributed by atoms with van der Waals surface area (Å²) in [7, 11) is 1.58. The summed E-state index contributed by atoms with van der Waals surface area (Å²) >= 11 is 0. The number of methoxy groups -OCH3 is 1. The summed E-state index contributed by atoms with van der Waals surface area (Å²) < 4.78 is 5.18. The van der Waals surface area contributed by atoms with E-state index >= 15 is 0 Å². The predicted molar refractivity (Wildman–Crippen MR) is 101 cm³/mol. The number of nitrogens with one attached hydrogen (secondary N) is 1. The van der Waals surface area contributed by atoms with Crippen molar-refractivity contribution >= 4 is 22.6 Å². The molecule has 0 heterocycles. The Morgan fingerprint density at radius 3 is 2.61 bits per heavy atom. The van der Waals surface area contributed by atoms with Gasteiger partial charge in [0.2, 0.25) is 5.91 Å². The van der Waals surface area contributed by atoms with E-state index in [4.69, 9.17) is 4.74 Å². The Morgan fingerprint density at radius 2 is 1.93 bits per heavy atom. The van der Waals surface area contributed by atoms with Crippen LogP contribution in [0.2, 0.25) is 0 Å². The van der Waals surface area contributed by atoms with Gasteiger partial charge in [0.15, 0.2) is 0 Å². The van der Waals surface area contributed by atoms with E-state index in [2.05, 4.69) is 10.2 Å². The first-order valence-corrected chi connectivity index (χ1v) is 8.75. The molecule has 0 bridgehead atoms. The molecule has 0 spiro atoms. The molecule has 0 aromatic heterocycles. The number of carbonyl (C=O) groups excluding carboxylic acids is 1. The molecule has 0 aliphatic carbocycles. The van der Waals surface area contributed by atoms with Crippen LogP contribution >= 0.6 is 0 Å². The number of hydrogen-bond acceptors (Lipinski definition) is 6. The van der Waals surface area contributed by atoms with Gasteiger partial charge in [0.25, 0.3) is 5.09 Å². The number of carbonyl (C=O) groups is 2. The van der Waals surface area contributed by atoms with Crippen LogP contribution in [-0.2, 0) is 14.4 Å². The van der Waals surface area contributed by atoms with Crippen LogP contribution in [0.5, 0.6) is 5.75 Å². The van der Waals surface area contributed by atoms with Crippen LogP contribution in [0.25, 0.3) is 10.8 Å². The largest absolute Gasteiger partial charge is 0.497 e. The van der Waals surface area contributed by atoms with Crippen molar-refractivity contribution in [3.63, 3.8) is 0 Å². The van der Waals surface area contributed by atoms with Gasteiger partial charge in [-0.15, -0.1) is 10.1 Å². The summed E-state index contributed by atoms with van der Waals surface area (Å²) in [6.45, 7) is 0.120. The molecule has 0 saturated heterocycles. The number of fused-ring (bicyclic) bond motifs is 1. The van der Waals surface area contributed by atoms with Gasteiger partial charge in [-0.1, -0.05) is 24.3 Å². The Bertz CT molecular complexity index is 853. The number of nitrogens with zero attached hydrogens (tertiary/aromatic N) is 1. The maximum absolute atomic E-state index is 11.9. The molecule has 9 heteroatoms. The molecule has 2 aromatic carbocycles. The second-order valence-corrected chi connectivity index (χ2v) is 6.16. The van der Waals surface area contributed by atoms with Crippen LogP contribution in [0.15, 0.2) is 36.4 Å². The van der Waals surface area contributed by atoms with E-state index in [-0.39, 0.29) is 31.9 Å². The summed E-state index contributed by atoms with van der Waals surface area (Å²) in [5, 5.41) is 23.1. The van der Waals surface area contributed by atoms with Gasteiger partial charge in [0, 0.05) is 13.0 Å². The van der Waals surface area contributed by atoms with Gasteiger partial charge in [-0.2, -0.15) is 0 Å². The van der Waals surface area contributed by atoms with E-state index in [0.29, 0.717) is 12.0 Å². The Labute approximate surface area is 161 Å². The molecule has 0 radical (unpaired) electrons. The molecule has 1 atom stereocenters. The lowest BCUT2D eigenvalue weighted by molar-refractivity contribution is -0.757. The first kappa shape index (κ1) is 20.9. The maximum Gasteiger partial charge on any atom is 0.310 e. The SMILES string of the molecule is COc1ccc2cc(C(CCC(=O)NCCCO[N+](=O)[O-])C(=O)O)ccc2c1. The Morgan fingerprint density at radius 1 is 1.21 bits per heavy atom. The van der Waals surface area contributed by atoms with E-state index in [9.17, 15) is 24.8 Å². The lowest BCUT2D eigenvalue weighted by Gasteiger charge is -2.14. The summed E-state index contributed by atoms with van der Waals surface area (Å²) in [4.78, 5) is 37.7. The number of benzene rings is 2. The molecular weight excluding hydrogens is 368 g/mol. The second kappa shape index (κ2) is 10.1. The highest BCUT2D eigenvalue weighted by Gasteiger charge is 2.21. The molecule has 1 amide bonds. The van der Waals surface area contributed by atoms with Crippen molar-refractivity contribution in [1.82, 2.24) is 5.32 Å². The fourth-order valence-corrected chi connectivity index (χ4v) is 2.82. The third-order valence-corrected chi connectivity index (χ3v) is 4.27. The monoisotopic (exact) mass is 390 g/mol. The minimum Gasteiger partial charge on any atom is -0.497 e. The lowest BCUT2D eigenvalue weighted by Crippen LogP contribution is -2.26. The van der Waals surface area contributed by atoms with Crippen LogP contribution in [0.1, 0.15) is 30.7 Å². The number of rotatable bonds is 11. The van der Waals surface area contributed by atoms with E-state index in [1.54, 1.807) is 25.3 Å². The summed E-state index contributed by atoms with van der Waals surface area (Å²) in [6.07, 6.45) is 0.477. The van der Waals surface area contributed by atoms with Crippen molar-refractivity contribution in [2.75, 3.05) is 20.3 Å². The zero-order chi connectivity index (χ0) is 20.5. The predicted octanol–water partition coefficient (Wildman–Crippen LogP) is 2.51. The molecule has 2 N–H and O–H groups in total. The van der Waals surface area contributed by atoms with Crippen molar-refractivity contribution < 1.29 is 29.4 Å². The summed E-state index contributed by atoms with van der Waals surface area (Å²) in [6, 6.07) is 10.9. The molecule has 2 aromatic rings. The summed E-state index contributed by atoms with van der Waals surface area (Å²) in [5.74, 6) is -1.40. The molecule has 28 heavy (non-hydrogen) atoms. The van der Waals surface area contributed by atoms with Gasteiger partial charge >= 0.3 is 5.97 Å². The average molecular weight is 390 g/mol. The highest BCUT2D eigenvalue weighted by molar-refractivity contribution is 5.87. The molecule has 1 unspecified atom stereocenters. The first-order chi connectivity index (χ1) is 13.4. The Balaban J connectivity index is 1.94. The van der Waals surface area contributed by atoms with Crippen molar-refractivity contribution in [2.45, 2.75) is 25.2 Å². The van der Waals surface area contributed by atoms with E-state index in [1.807, 2.05) is 18.2 Å². The van der Waals surface area contributed by atoms with Crippen LogP contribution in [0.3, 0.4) is 0 Å². The quantitative estimate of drug-likeness (QED) is 0.343. The number of amides is 1. The van der Waals surface area contributed by atoms with Crippen molar-refractivity contribution in [2.24, 2.45) is 0 Å². The van der Waals surface area contributed by atoms with Crippen LogP contribution in [0, 0.1) is 10.1 Å². The number of ether oxygens (including phenoxy) is 1. The standard InChI is InChI=1S/C19H22N2O7/c1-27-16-6-5-13-11-15(4-3-14(13)12-16)17(19(23)24)7-8-18(22)20-9-2-10-28-21(25)26/h3-6,11-12,17H,2,7-10H2,1H3,(H,20,22)(H,23,24). The summed E-state index contributed by atoms with van der Waals surface area (Å²) in [5.41, 5.74) is 0.623. The molecular formula is C19H22N2O7. The molecule has 0 fully saturated rings. The number of carboxylic acid groups (broad SMARTS) is 1. The normalized spacial score (nSPS) is 11.6. The minimum absolute atomic E-state index is 0.0354. The second-order valence-electron chi connectivity index (χ2n) is 6.16. The highest BCUT2D eigenvalue weighted by atomic mass is 16.9. The molecule has 0 aliphatic heterocycles. The Kier molecular flexibility index (Phi) is 7.55. The van der Waals surface area contributed by atoms with E-state index < -0.39 is 17.0 Å². The molecule has 9 nitrogen and oxygen atoms in total. The van der Waals surface area contributed by atoms with Gasteiger partial charge in [-0.05, 0) is 41.3 Å². The van der Waals surface area contributed by atoms with Gasteiger partial charge < -0.3 is 20.0 Å². The molecule has 150 valence electrons. The van der Waals surface area contributed by atoms with Crippen LogP contribution < -0.4 is 10.1 Å². The third kappa shape index (κ3) is 6.11. The number of hydrogen-bond donors (Lipinski definition) is 2. The average Bonchev–Trinajstić information content (AvgIpc) is 2.66. The molecule has 2 rings (SSSR count). The van der Waals surface area contributed by atoms with Crippen LogP contribution in [0.4, 0.5) is 0 Å². The topological polar surface area (TPSA) is 128 Å². The molecule has 0 aliphatic rings. The first-order valence-electron chi connectivity index (χ1n) is 8.75. The van der Waals surface area contributed by atoms with E-state index in [0.717, 1.165) is 16.5 Å². The maximum atomic E-state index is 11.9. The fraction of sp³-hybridized carbons (Fsp3) is 0.368. The van der Waals surface area contributed by atoms with Crippen molar-refractivity contribution in [3.8, 4) is 5.75 Å². The minimum atomic E-state index is -1.000. The van der Waals surface area contributed by atoms with Gasteiger partial charge in [-0.3, -0.25) is 9.59 Å². The Hall–Kier alpha value is -3.36. The van der Waals surface area contributed by atoms with Gasteiger partial charge in [0.1, 0.15) is 5.75 Å². The van der Waals surface area contributed by atoms with Gasteiger partial charge in [-0.25, -0.2) is 0 Å². The smallest absolute Gasteiger partial charge is 0.310 e. The van der Waals surface area contributed by atoms with Crippen molar-refractivity contribution in [3.05, 3.63) is 52.1 Å². The number of aliphatic carboxylic acids is 1. The molecule has 0 saturated carbocycles. The van der Waals surface area contributed by atoms with Crippen molar-refractivity contribution in [1.29, 1.82) is 0 Å². The lowest BCUT2D eigenvalue weighted by atomic mass is 9.92. The van der Waals surface area contributed by atoms with E-state index in [1.165, 1.54) is 0 Å². The zero-order valence-electron chi connectivity index (χ0n) is 15.4. The number of carboxylic acids is 1. The third-order valence-electron chi connectivity index (χ3n) is 4.27. The zero-order valence-corrected chi connectivity index (χ0v) is 15.4. The fourth-order valence-electron chi connectivity index (χ4n) is 2.82.